The Hall–Kier alpha value is -1.47. The quantitative estimate of drug-likeness (QED) is 0.724. The molecule has 0 aromatic heterocycles. The fourth-order valence-corrected chi connectivity index (χ4v) is 2.81. The van der Waals surface area contributed by atoms with Crippen molar-refractivity contribution in [2.24, 2.45) is 0 Å². The van der Waals surface area contributed by atoms with Crippen molar-refractivity contribution >= 4 is 11.6 Å². The summed E-state index contributed by atoms with van der Waals surface area (Å²) < 4.78 is 5.94. The Morgan fingerprint density at radius 2 is 1.94 bits per heavy atom. The van der Waals surface area contributed by atoms with Gasteiger partial charge in [0.2, 0.25) is 0 Å². The third-order valence-electron chi connectivity index (χ3n) is 3.30. The van der Waals surface area contributed by atoms with Crippen molar-refractivity contribution in [3.8, 4) is 16.9 Å². The molecule has 18 heavy (non-hydrogen) atoms. The molecular weight excluding hydrogens is 244 g/mol. The van der Waals surface area contributed by atoms with Gasteiger partial charge in [0.05, 0.1) is 0 Å². The Labute approximate surface area is 112 Å². The largest absolute Gasteiger partial charge is 0.489 e. The van der Waals surface area contributed by atoms with Gasteiger partial charge in [-0.05, 0) is 37.1 Å². The Bertz CT molecular complexity index is 604. The third kappa shape index (κ3) is 1.89. The summed E-state index contributed by atoms with van der Waals surface area (Å²) in [7, 11) is 0. The lowest BCUT2D eigenvalue weighted by atomic mass is 9.98. The molecule has 1 aliphatic heterocycles. The van der Waals surface area contributed by atoms with E-state index in [1.54, 1.807) is 0 Å². The van der Waals surface area contributed by atoms with E-state index < -0.39 is 0 Å². The average molecular weight is 259 g/mol. The van der Waals surface area contributed by atoms with Gasteiger partial charge in [0.1, 0.15) is 11.9 Å². The third-order valence-corrected chi connectivity index (χ3v) is 3.63. The summed E-state index contributed by atoms with van der Waals surface area (Å²) in [6, 6.07) is 12.3. The maximum absolute atomic E-state index is 6.29. The van der Waals surface area contributed by atoms with Crippen LogP contribution in [-0.4, -0.2) is 6.10 Å². The molecule has 3 rings (SSSR count). The van der Waals surface area contributed by atoms with Crippen LogP contribution in [0.4, 0.5) is 0 Å². The molecule has 0 fully saturated rings. The van der Waals surface area contributed by atoms with Crippen molar-refractivity contribution in [2.45, 2.75) is 26.4 Å². The second-order valence-corrected chi connectivity index (χ2v) is 5.32. The number of ether oxygens (including phenoxy) is 1. The van der Waals surface area contributed by atoms with Crippen LogP contribution >= 0.6 is 11.6 Å². The lowest BCUT2D eigenvalue weighted by molar-refractivity contribution is 0.255. The van der Waals surface area contributed by atoms with E-state index in [-0.39, 0.29) is 6.10 Å². The smallest absolute Gasteiger partial charge is 0.130 e. The van der Waals surface area contributed by atoms with Gasteiger partial charge in [-0.1, -0.05) is 35.9 Å². The van der Waals surface area contributed by atoms with E-state index in [0.29, 0.717) is 0 Å². The molecule has 1 aliphatic rings. The minimum atomic E-state index is 0.253. The normalized spacial score (nSPS) is 17.4. The van der Waals surface area contributed by atoms with E-state index in [0.717, 1.165) is 28.3 Å². The van der Waals surface area contributed by atoms with Gasteiger partial charge < -0.3 is 4.74 Å². The van der Waals surface area contributed by atoms with Crippen molar-refractivity contribution in [1.29, 1.82) is 0 Å². The van der Waals surface area contributed by atoms with Crippen LogP contribution in [-0.2, 0) is 6.42 Å². The molecular formula is C16H15ClO. The second-order valence-electron chi connectivity index (χ2n) is 4.91. The van der Waals surface area contributed by atoms with Gasteiger partial charge in [0, 0.05) is 22.6 Å². The molecule has 1 unspecified atom stereocenters. The Morgan fingerprint density at radius 3 is 2.72 bits per heavy atom. The van der Waals surface area contributed by atoms with Crippen LogP contribution in [0.1, 0.15) is 18.1 Å². The predicted molar refractivity (Wildman–Crippen MR) is 75.4 cm³/mol. The van der Waals surface area contributed by atoms with Gasteiger partial charge in [-0.2, -0.15) is 0 Å². The summed E-state index contributed by atoms with van der Waals surface area (Å²) in [6.07, 6.45) is 1.23. The summed E-state index contributed by atoms with van der Waals surface area (Å²) in [6.45, 7) is 4.22. The summed E-state index contributed by atoms with van der Waals surface area (Å²) in [4.78, 5) is 0. The van der Waals surface area contributed by atoms with Crippen LogP contribution in [0.15, 0.2) is 36.4 Å². The number of aryl methyl sites for hydroxylation is 1. The first-order valence-corrected chi connectivity index (χ1v) is 6.58. The highest BCUT2D eigenvalue weighted by Crippen LogP contribution is 2.41. The molecule has 92 valence electrons. The molecule has 0 radical (unpaired) electrons. The molecule has 0 aliphatic carbocycles. The van der Waals surface area contributed by atoms with Crippen LogP contribution in [0.5, 0.6) is 5.75 Å². The van der Waals surface area contributed by atoms with Crippen molar-refractivity contribution < 1.29 is 4.74 Å². The van der Waals surface area contributed by atoms with Gasteiger partial charge in [-0.25, -0.2) is 0 Å². The van der Waals surface area contributed by atoms with E-state index in [2.05, 4.69) is 26.0 Å². The first kappa shape index (κ1) is 11.6. The number of halogens is 1. The van der Waals surface area contributed by atoms with Crippen molar-refractivity contribution in [1.82, 2.24) is 0 Å². The summed E-state index contributed by atoms with van der Waals surface area (Å²) in [5.41, 5.74) is 4.70. The zero-order valence-corrected chi connectivity index (χ0v) is 11.3. The van der Waals surface area contributed by atoms with Gasteiger partial charge >= 0.3 is 0 Å². The molecule has 2 aromatic rings. The number of hydrogen-bond acceptors (Lipinski definition) is 1. The van der Waals surface area contributed by atoms with Crippen molar-refractivity contribution in [2.75, 3.05) is 0 Å². The Kier molecular flexibility index (Phi) is 2.79. The Balaban J connectivity index is 2.22. The van der Waals surface area contributed by atoms with Crippen LogP contribution in [0, 0.1) is 6.92 Å². The minimum absolute atomic E-state index is 0.253. The lowest BCUT2D eigenvalue weighted by Crippen LogP contribution is -2.05. The molecule has 0 spiro atoms. The van der Waals surface area contributed by atoms with E-state index in [4.69, 9.17) is 16.3 Å². The van der Waals surface area contributed by atoms with Crippen LogP contribution in [0.3, 0.4) is 0 Å². The number of fused-ring (bicyclic) bond motifs is 1. The maximum Gasteiger partial charge on any atom is 0.130 e. The van der Waals surface area contributed by atoms with Crippen LogP contribution in [0.2, 0.25) is 5.02 Å². The first-order chi connectivity index (χ1) is 8.65. The fraction of sp³-hybridized carbons (Fsp3) is 0.250. The van der Waals surface area contributed by atoms with Gasteiger partial charge in [-0.3, -0.25) is 0 Å². The molecule has 1 nitrogen and oxygen atoms in total. The molecule has 0 bridgehead atoms. The molecule has 2 aromatic carbocycles. The maximum atomic E-state index is 6.29. The standard InChI is InChI=1S/C16H15ClO/c1-10-7-12-9-11(2)18-16(12)14(8-10)13-5-3-4-6-15(13)17/h3-8,11H,9H2,1-2H3. The van der Waals surface area contributed by atoms with Crippen LogP contribution in [0.25, 0.3) is 11.1 Å². The number of hydrogen-bond donors (Lipinski definition) is 0. The highest BCUT2D eigenvalue weighted by Gasteiger charge is 2.23. The zero-order chi connectivity index (χ0) is 12.7. The molecule has 0 saturated carbocycles. The first-order valence-electron chi connectivity index (χ1n) is 6.20. The number of benzene rings is 2. The minimum Gasteiger partial charge on any atom is -0.489 e. The SMILES string of the molecule is Cc1cc2c(c(-c3ccccc3Cl)c1)OC(C)C2. The molecule has 2 heteroatoms. The van der Waals surface area contributed by atoms with E-state index >= 15 is 0 Å². The fourth-order valence-electron chi connectivity index (χ4n) is 2.57. The van der Waals surface area contributed by atoms with E-state index in [1.807, 2.05) is 24.3 Å². The van der Waals surface area contributed by atoms with Crippen molar-refractivity contribution in [3.63, 3.8) is 0 Å². The average Bonchev–Trinajstić information content (AvgIpc) is 2.69. The lowest BCUT2D eigenvalue weighted by Gasteiger charge is -2.12. The number of rotatable bonds is 1. The summed E-state index contributed by atoms with van der Waals surface area (Å²) >= 11 is 6.29. The second kappa shape index (κ2) is 4.33. The Morgan fingerprint density at radius 1 is 1.17 bits per heavy atom. The topological polar surface area (TPSA) is 9.23 Å². The summed E-state index contributed by atoms with van der Waals surface area (Å²) in [5.74, 6) is 1.00. The van der Waals surface area contributed by atoms with Gasteiger partial charge in [-0.15, -0.1) is 0 Å². The summed E-state index contributed by atoms with van der Waals surface area (Å²) in [5, 5.41) is 0.772. The van der Waals surface area contributed by atoms with Crippen molar-refractivity contribution in [3.05, 3.63) is 52.5 Å². The van der Waals surface area contributed by atoms with E-state index in [1.165, 1.54) is 11.1 Å². The molecule has 1 atom stereocenters. The highest BCUT2D eigenvalue weighted by molar-refractivity contribution is 6.33. The van der Waals surface area contributed by atoms with E-state index in [9.17, 15) is 0 Å². The van der Waals surface area contributed by atoms with Gasteiger partial charge in [0.15, 0.2) is 0 Å². The molecule has 0 saturated heterocycles. The molecule has 0 amide bonds. The van der Waals surface area contributed by atoms with Gasteiger partial charge in [0.25, 0.3) is 0 Å². The zero-order valence-electron chi connectivity index (χ0n) is 10.5. The monoisotopic (exact) mass is 258 g/mol. The van der Waals surface area contributed by atoms with Crippen LogP contribution < -0.4 is 4.74 Å². The molecule has 0 N–H and O–H groups in total. The molecule has 1 heterocycles. The predicted octanol–water partition coefficient (Wildman–Crippen LogP) is 4.64. The highest BCUT2D eigenvalue weighted by atomic mass is 35.5.